The maximum absolute atomic E-state index is 10.7. The highest BCUT2D eigenvalue weighted by molar-refractivity contribution is 5.60. The second kappa shape index (κ2) is 8.80. The summed E-state index contributed by atoms with van der Waals surface area (Å²) in [4.78, 5) is 16.7. The van der Waals surface area contributed by atoms with Crippen molar-refractivity contribution >= 4 is 11.6 Å². The van der Waals surface area contributed by atoms with Gasteiger partial charge in [-0.3, -0.25) is 10.1 Å². The van der Waals surface area contributed by atoms with Gasteiger partial charge >= 0.3 is 0 Å². The Morgan fingerprint density at radius 2 is 2.00 bits per heavy atom. The van der Waals surface area contributed by atoms with E-state index in [1.807, 2.05) is 6.07 Å². The van der Waals surface area contributed by atoms with Crippen molar-refractivity contribution in [3.8, 4) is 17.5 Å². The molecule has 0 unspecified atom stereocenters. The SMILES string of the molecule is CCN(CC)CCCNc1oc(-c2ccc([N+](=O)[O-])cc2)nc1C#N. The average Bonchev–Trinajstić information content (AvgIpc) is 3.05. The minimum atomic E-state index is -0.469. The lowest BCUT2D eigenvalue weighted by molar-refractivity contribution is -0.384. The van der Waals surface area contributed by atoms with Crippen LogP contribution >= 0.6 is 0 Å². The maximum Gasteiger partial charge on any atom is 0.269 e. The zero-order valence-corrected chi connectivity index (χ0v) is 14.4. The predicted molar refractivity (Wildman–Crippen MR) is 94.2 cm³/mol. The van der Waals surface area contributed by atoms with Gasteiger partial charge in [0.1, 0.15) is 6.07 Å². The summed E-state index contributed by atoms with van der Waals surface area (Å²) >= 11 is 0. The van der Waals surface area contributed by atoms with Crippen molar-refractivity contribution in [1.29, 1.82) is 5.26 Å². The molecule has 0 fully saturated rings. The largest absolute Gasteiger partial charge is 0.419 e. The quantitative estimate of drug-likeness (QED) is 0.423. The van der Waals surface area contributed by atoms with Crippen molar-refractivity contribution in [2.24, 2.45) is 0 Å². The Morgan fingerprint density at radius 3 is 2.56 bits per heavy atom. The summed E-state index contributed by atoms with van der Waals surface area (Å²) in [7, 11) is 0. The molecule has 0 spiro atoms. The van der Waals surface area contributed by atoms with E-state index in [4.69, 9.17) is 4.42 Å². The lowest BCUT2D eigenvalue weighted by Gasteiger charge is -2.17. The number of hydrogen-bond acceptors (Lipinski definition) is 7. The molecule has 2 aromatic rings. The Labute approximate surface area is 146 Å². The van der Waals surface area contributed by atoms with E-state index in [9.17, 15) is 15.4 Å². The number of hydrogen-bond donors (Lipinski definition) is 1. The molecule has 0 saturated carbocycles. The van der Waals surface area contributed by atoms with Gasteiger partial charge in [-0.1, -0.05) is 13.8 Å². The van der Waals surface area contributed by atoms with Crippen LogP contribution in [0.3, 0.4) is 0 Å². The number of non-ortho nitro benzene ring substituents is 1. The third kappa shape index (κ3) is 4.78. The van der Waals surface area contributed by atoms with Gasteiger partial charge in [-0.25, -0.2) is 0 Å². The standard InChI is InChI=1S/C17H21N5O3/c1-3-21(4-2)11-5-10-19-17-15(12-18)20-16(25-17)13-6-8-14(9-7-13)22(23)24/h6-9,19H,3-5,10-11H2,1-2H3. The Bertz CT molecular complexity index is 745. The number of anilines is 1. The summed E-state index contributed by atoms with van der Waals surface area (Å²) < 4.78 is 5.62. The van der Waals surface area contributed by atoms with Crippen molar-refractivity contribution in [1.82, 2.24) is 9.88 Å². The van der Waals surface area contributed by atoms with Gasteiger partial charge in [-0.15, -0.1) is 0 Å². The monoisotopic (exact) mass is 343 g/mol. The molecule has 132 valence electrons. The highest BCUT2D eigenvalue weighted by Gasteiger charge is 2.15. The molecule has 1 N–H and O–H groups in total. The van der Waals surface area contributed by atoms with E-state index in [2.05, 4.69) is 29.0 Å². The molecule has 0 aliphatic carbocycles. The minimum absolute atomic E-state index is 0.00874. The molecule has 1 aromatic carbocycles. The summed E-state index contributed by atoms with van der Waals surface area (Å²) in [5.74, 6) is 0.591. The molecule has 0 aliphatic heterocycles. The van der Waals surface area contributed by atoms with Crippen LogP contribution in [0.1, 0.15) is 26.0 Å². The van der Waals surface area contributed by atoms with Gasteiger partial charge in [0.25, 0.3) is 5.69 Å². The fraction of sp³-hybridized carbons (Fsp3) is 0.412. The summed E-state index contributed by atoms with van der Waals surface area (Å²) in [6, 6.07) is 7.86. The topological polar surface area (TPSA) is 108 Å². The van der Waals surface area contributed by atoms with Crippen LogP contribution in [0.25, 0.3) is 11.5 Å². The van der Waals surface area contributed by atoms with Crippen LogP contribution in [0.15, 0.2) is 28.7 Å². The lowest BCUT2D eigenvalue weighted by Crippen LogP contribution is -2.25. The molecule has 8 nitrogen and oxygen atoms in total. The average molecular weight is 343 g/mol. The number of rotatable bonds is 9. The smallest absolute Gasteiger partial charge is 0.269 e. The molecule has 0 aliphatic rings. The van der Waals surface area contributed by atoms with E-state index in [0.717, 1.165) is 26.1 Å². The van der Waals surface area contributed by atoms with Crippen LogP contribution < -0.4 is 5.32 Å². The number of nitro groups is 1. The summed E-state index contributed by atoms with van der Waals surface area (Å²) in [5.41, 5.74) is 0.750. The zero-order valence-electron chi connectivity index (χ0n) is 14.4. The molecule has 2 rings (SSSR count). The Kier molecular flexibility index (Phi) is 6.48. The van der Waals surface area contributed by atoms with Gasteiger partial charge < -0.3 is 14.6 Å². The van der Waals surface area contributed by atoms with Crippen LogP contribution in [0.2, 0.25) is 0 Å². The van der Waals surface area contributed by atoms with Crippen LogP contribution in [-0.2, 0) is 0 Å². The fourth-order valence-electron chi connectivity index (χ4n) is 2.41. The summed E-state index contributed by atoms with van der Waals surface area (Å²) in [5, 5.41) is 23.0. The molecular weight excluding hydrogens is 322 g/mol. The van der Waals surface area contributed by atoms with Crippen LogP contribution in [-0.4, -0.2) is 41.0 Å². The van der Waals surface area contributed by atoms with E-state index in [-0.39, 0.29) is 17.3 Å². The molecular formula is C17H21N5O3. The number of nitriles is 1. The van der Waals surface area contributed by atoms with Crippen LogP contribution in [0.4, 0.5) is 11.6 Å². The first-order valence-corrected chi connectivity index (χ1v) is 8.21. The third-order valence-corrected chi connectivity index (χ3v) is 3.89. The number of nitrogens with zero attached hydrogens (tertiary/aromatic N) is 4. The molecule has 0 amide bonds. The first kappa shape index (κ1) is 18.4. The Morgan fingerprint density at radius 1 is 1.32 bits per heavy atom. The minimum Gasteiger partial charge on any atom is -0.419 e. The summed E-state index contributed by atoms with van der Waals surface area (Å²) in [6.07, 6.45) is 0.917. The lowest BCUT2D eigenvalue weighted by atomic mass is 10.2. The van der Waals surface area contributed by atoms with Crippen molar-refractivity contribution in [2.75, 3.05) is 31.5 Å². The second-order valence-electron chi connectivity index (χ2n) is 5.42. The first-order chi connectivity index (χ1) is 12.1. The second-order valence-corrected chi connectivity index (χ2v) is 5.42. The van der Waals surface area contributed by atoms with E-state index in [1.165, 1.54) is 12.1 Å². The van der Waals surface area contributed by atoms with Gasteiger partial charge in [-0.05, 0) is 38.2 Å². The number of nitrogens with one attached hydrogen (secondary N) is 1. The highest BCUT2D eigenvalue weighted by atomic mass is 16.6. The highest BCUT2D eigenvalue weighted by Crippen LogP contribution is 2.26. The summed E-state index contributed by atoms with van der Waals surface area (Å²) in [6.45, 7) is 7.89. The first-order valence-electron chi connectivity index (χ1n) is 8.21. The van der Waals surface area contributed by atoms with E-state index in [0.29, 0.717) is 18.0 Å². The normalized spacial score (nSPS) is 10.6. The zero-order chi connectivity index (χ0) is 18.2. The Balaban J connectivity index is 2.03. The van der Waals surface area contributed by atoms with Gasteiger partial charge in [-0.2, -0.15) is 10.2 Å². The Hall–Kier alpha value is -2.92. The molecule has 0 saturated heterocycles. The molecule has 0 radical (unpaired) electrons. The van der Waals surface area contributed by atoms with Crippen molar-refractivity contribution in [2.45, 2.75) is 20.3 Å². The molecule has 25 heavy (non-hydrogen) atoms. The molecule has 1 heterocycles. The number of oxazole rings is 1. The molecule has 1 aromatic heterocycles. The van der Waals surface area contributed by atoms with Crippen molar-refractivity contribution in [3.63, 3.8) is 0 Å². The van der Waals surface area contributed by atoms with Gasteiger partial charge in [0, 0.05) is 24.2 Å². The van der Waals surface area contributed by atoms with Gasteiger partial charge in [0.15, 0.2) is 0 Å². The molecule has 0 bridgehead atoms. The van der Waals surface area contributed by atoms with E-state index >= 15 is 0 Å². The van der Waals surface area contributed by atoms with Crippen molar-refractivity contribution < 1.29 is 9.34 Å². The maximum atomic E-state index is 10.7. The van der Waals surface area contributed by atoms with E-state index < -0.39 is 4.92 Å². The number of nitro benzene ring substituents is 1. The van der Waals surface area contributed by atoms with Crippen LogP contribution in [0.5, 0.6) is 0 Å². The number of aromatic nitrogens is 1. The van der Waals surface area contributed by atoms with Gasteiger partial charge in [0.2, 0.25) is 17.5 Å². The number of benzene rings is 1. The van der Waals surface area contributed by atoms with Crippen molar-refractivity contribution in [3.05, 3.63) is 40.1 Å². The molecule has 8 heteroatoms. The molecule has 0 atom stereocenters. The van der Waals surface area contributed by atoms with Gasteiger partial charge in [0.05, 0.1) is 4.92 Å². The predicted octanol–water partition coefficient (Wildman–Crippen LogP) is 3.27. The van der Waals surface area contributed by atoms with Crippen LogP contribution in [0, 0.1) is 21.4 Å². The fourth-order valence-corrected chi connectivity index (χ4v) is 2.41. The third-order valence-electron chi connectivity index (χ3n) is 3.89. The van der Waals surface area contributed by atoms with E-state index in [1.54, 1.807) is 12.1 Å².